The predicted molar refractivity (Wildman–Crippen MR) is 76.5 cm³/mol. The first kappa shape index (κ1) is 16.0. The van der Waals surface area contributed by atoms with Gasteiger partial charge in [0.1, 0.15) is 10.8 Å². The summed E-state index contributed by atoms with van der Waals surface area (Å²) in [6.07, 6.45) is -0.571. The van der Waals surface area contributed by atoms with Crippen LogP contribution < -0.4 is 5.73 Å². The van der Waals surface area contributed by atoms with E-state index in [1.54, 1.807) is 6.07 Å². The molecule has 0 aromatic heterocycles. The van der Waals surface area contributed by atoms with Crippen LogP contribution in [0, 0.1) is 5.82 Å². The molecule has 0 amide bonds. The molecule has 0 heterocycles. The summed E-state index contributed by atoms with van der Waals surface area (Å²) < 4.78 is 18.3. The molecule has 1 atom stereocenters. The summed E-state index contributed by atoms with van der Waals surface area (Å²) in [7, 11) is 3.37. The van der Waals surface area contributed by atoms with Gasteiger partial charge in [0.05, 0.1) is 12.7 Å². The van der Waals surface area contributed by atoms with Gasteiger partial charge in [-0.1, -0.05) is 12.2 Å². The molecule has 0 aliphatic carbocycles. The highest BCUT2D eigenvalue weighted by atomic mass is 32.1. The fourth-order valence-corrected chi connectivity index (χ4v) is 1.98. The molecule has 6 heteroatoms. The number of rotatable bonds is 7. The van der Waals surface area contributed by atoms with E-state index in [2.05, 4.69) is 0 Å². The molecule has 1 aromatic rings. The minimum atomic E-state index is -0.571. The topological polar surface area (TPSA) is 58.7 Å². The number of benzene rings is 1. The van der Waals surface area contributed by atoms with Gasteiger partial charge >= 0.3 is 0 Å². The molecule has 1 unspecified atom stereocenters. The molecule has 0 fully saturated rings. The van der Waals surface area contributed by atoms with Crippen LogP contribution in [-0.2, 0) is 11.3 Å². The third kappa shape index (κ3) is 5.61. The van der Waals surface area contributed by atoms with Crippen LogP contribution in [0.4, 0.5) is 4.39 Å². The smallest absolute Gasteiger partial charge is 0.124 e. The van der Waals surface area contributed by atoms with Crippen molar-refractivity contribution in [1.82, 2.24) is 4.90 Å². The molecule has 0 saturated carbocycles. The van der Waals surface area contributed by atoms with E-state index in [0.29, 0.717) is 18.7 Å². The third-order valence-corrected chi connectivity index (χ3v) is 2.81. The van der Waals surface area contributed by atoms with E-state index >= 15 is 0 Å². The molecule has 0 spiro atoms. The molecule has 3 N–H and O–H groups in total. The Balaban J connectivity index is 2.68. The van der Waals surface area contributed by atoms with Crippen molar-refractivity contribution in [3.05, 3.63) is 35.1 Å². The van der Waals surface area contributed by atoms with Crippen molar-refractivity contribution in [1.29, 1.82) is 0 Å². The molecule has 19 heavy (non-hydrogen) atoms. The summed E-state index contributed by atoms with van der Waals surface area (Å²) in [5.41, 5.74) is 6.77. The van der Waals surface area contributed by atoms with Crippen LogP contribution in [0.5, 0.6) is 0 Å². The second kappa shape index (κ2) is 7.49. The average Bonchev–Trinajstić information content (AvgIpc) is 2.27. The minimum absolute atomic E-state index is 0.169. The molecule has 0 aliphatic rings. The van der Waals surface area contributed by atoms with Crippen molar-refractivity contribution in [2.24, 2.45) is 5.73 Å². The Morgan fingerprint density at radius 2 is 2.21 bits per heavy atom. The van der Waals surface area contributed by atoms with Crippen LogP contribution in [0.2, 0.25) is 0 Å². The lowest BCUT2D eigenvalue weighted by Gasteiger charge is -2.20. The van der Waals surface area contributed by atoms with Crippen LogP contribution in [-0.4, -0.2) is 48.4 Å². The van der Waals surface area contributed by atoms with Crippen molar-refractivity contribution in [2.75, 3.05) is 27.3 Å². The first-order chi connectivity index (χ1) is 8.92. The molecule has 0 saturated heterocycles. The predicted octanol–water partition coefficient (Wildman–Crippen LogP) is 0.899. The highest BCUT2D eigenvalue weighted by Gasteiger charge is 2.10. The molecular formula is C13H19FN2O2S. The van der Waals surface area contributed by atoms with Gasteiger partial charge < -0.3 is 15.6 Å². The van der Waals surface area contributed by atoms with Gasteiger partial charge in [0.15, 0.2) is 0 Å². The van der Waals surface area contributed by atoms with Crippen molar-refractivity contribution in [3.63, 3.8) is 0 Å². The van der Waals surface area contributed by atoms with Crippen LogP contribution in [0.3, 0.4) is 0 Å². The Bertz CT molecular complexity index is 443. The number of ether oxygens (including phenoxy) is 1. The monoisotopic (exact) mass is 286 g/mol. The number of aliphatic hydroxyl groups is 1. The number of likely N-dealkylation sites (N-methyl/N-ethyl adjacent to an activating group) is 1. The summed E-state index contributed by atoms with van der Waals surface area (Å²) in [6, 6.07) is 4.50. The third-order valence-electron chi connectivity index (χ3n) is 2.58. The molecule has 106 valence electrons. The van der Waals surface area contributed by atoms with Gasteiger partial charge in [0.2, 0.25) is 0 Å². The van der Waals surface area contributed by atoms with E-state index < -0.39 is 6.10 Å². The van der Waals surface area contributed by atoms with Crippen molar-refractivity contribution >= 4 is 17.2 Å². The van der Waals surface area contributed by atoms with Gasteiger partial charge in [-0.05, 0) is 30.8 Å². The molecular weight excluding hydrogens is 267 g/mol. The standard InChI is InChI=1S/C13H19FN2O2S/c1-16(7-12(17)8-18-2)6-9-3-10(13(15)19)5-11(14)4-9/h3-5,12,17H,6-8H2,1-2H3,(H2,15,19). The lowest BCUT2D eigenvalue weighted by molar-refractivity contribution is 0.0419. The maximum atomic E-state index is 13.4. The van der Waals surface area contributed by atoms with Crippen molar-refractivity contribution in [3.8, 4) is 0 Å². The zero-order valence-electron chi connectivity index (χ0n) is 11.1. The number of thiocarbonyl (C=S) groups is 1. The van der Waals surface area contributed by atoms with E-state index in [1.165, 1.54) is 19.2 Å². The SMILES string of the molecule is COCC(O)CN(C)Cc1cc(F)cc(C(N)=S)c1. The Morgan fingerprint density at radius 3 is 2.79 bits per heavy atom. The zero-order chi connectivity index (χ0) is 14.4. The minimum Gasteiger partial charge on any atom is -0.389 e. The average molecular weight is 286 g/mol. The first-order valence-corrected chi connectivity index (χ1v) is 6.28. The zero-order valence-corrected chi connectivity index (χ0v) is 11.9. The summed E-state index contributed by atoms with van der Waals surface area (Å²) in [5.74, 6) is -0.369. The van der Waals surface area contributed by atoms with E-state index in [1.807, 2.05) is 11.9 Å². The molecule has 1 rings (SSSR count). The van der Waals surface area contributed by atoms with Crippen molar-refractivity contribution < 1.29 is 14.2 Å². The number of nitrogens with zero attached hydrogens (tertiary/aromatic N) is 1. The largest absolute Gasteiger partial charge is 0.389 e. The highest BCUT2D eigenvalue weighted by Crippen LogP contribution is 2.11. The Hall–Kier alpha value is -1.08. The van der Waals surface area contributed by atoms with E-state index in [-0.39, 0.29) is 17.4 Å². The van der Waals surface area contributed by atoms with Crippen molar-refractivity contribution in [2.45, 2.75) is 12.6 Å². The fraction of sp³-hybridized carbons (Fsp3) is 0.462. The fourth-order valence-electron chi connectivity index (χ4n) is 1.87. The van der Waals surface area contributed by atoms with Crippen LogP contribution in [0.1, 0.15) is 11.1 Å². The van der Waals surface area contributed by atoms with Gasteiger partial charge in [0, 0.05) is 25.8 Å². The Kier molecular flexibility index (Phi) is 6.30. The van der Waals surface area contributed by atoms with Gasteiger partial charge in [-0.15, -0.1) is 0 Å². The van der Waals surface area contributed by atoms with Gasteiger partial charge in [-0.2, -0.15) is 0 Å². The van der Waals surface area contributed by atoms with Gasteiger partial charge in [-0.25, -0.2) is 4.39 Å². The number of nitrogens with two attached hydrogens (primary N) is 1. The number of hydrogen-bond donors (Lipinski definition) is 2. The Labute approximate surface area is 118 Å². The molecule has 4 nitrogen and oxygen atoms in total. The molecule has 0 radical (unpaired) electrons. The number of aliphatic hydroxyl groups excluding tert-OH is 1. The van der Waals surface area contributed by atoms with Crippen LogP contribution >= 0.6 is 12.2 Å². The summed E-state index contributed by atoms with van der Waals surface area (Å²) >= 11 is 4.84. The lowest BCUT2D eigenvalue weighted by Crippen LogP contribution is -2.31. The van der Waals surface area contributed by atoms with E-state index in [9.17, 15) is 9.50 Å². The number of hydrogen-bond acceptors (Lipinski definition) is 4. The number of methoxy groups -OCH3 is 1. The van der Waals surface area contributed by atoms with Crippen LogP contribution in [0.25, 0.3) is 0 Å². The normalized spacial score (nSPS) is 12.7. The second-order valence-electron chi connectivity index (χ2n) is 4.52. The summed E-state index contributed by atoms with van der Waals surface area (Å²) in [6.45, 7) is 1.20. The van der Waals surface area contributed by atoms with E-state index in [0.717, 1.165) is 5.56 Å². The second-order valence-corrected chi connectivity index (χ2v) is 4.96. The van der Waals surface area contributed by atoms with E-state index in [4.69, 9.17) is 22.7 Å². The Morgan fingerprint density at radius 1 is 1.53 bits per heavy atom. The van der Waals surface area contributed by atoms with Crippen LogP contribution in [0.15, 0.2) is 18.2 Å². The highest BCUT2D eigenvalue weighted by molar-refractivity contribution is 7.80. The summed E-state index contributed by atoms with van der Waals surface area (Å²) in [4.78, 5) is 2.05. The molecule has 0 bridgehead atoms. The lowest BCUT2D eigenvalue weighted by atomic mass is 10.1. The van der Waals surface area contributed by atoms with Gasteiger partial charge in [0.25, 0.3) is 0 Å². The molecule has 0 aliphatic heterocycles. The first-order valence-electron chi connectivity index (χ1n) is 5.87. The maximum absolute atomic E-state index is 13.4. The number of halogens is 1. The maximum Gasteiger partial charge on any atom is 0.124 e. The summed E-state index contributed by atoms with van der Waals surface area (Å²) in [5, 5.41) is 9.61. The quantitative estimate of drug-likeness (QED) is 0.729. The van der Waals surface area contributed by atoms with Gasteiger partial charge in [-0.3, -0.25) is 4.90 Å². The molecule has 1 aromatic carbocycles.